The van der Waals surface area contributed by atoms with E-state index in [9.17, 15) is 13.2 Å². The van der Waals surface area contributed by atoms with Crippen LogP contribution in [0.5, 0.6) is 5.75 Å². The van der Waals surface area contributed by atoms with Crippen LogP contribution in [0.1, 0.15) is 17.3 Å². The summed E-state index contributed by atoms with van der Waals surface area (Å²) in [5, 5.41) is 3.15. The largest absolute Gasteiger partial charge is 0.494 e. The van der Waals surface area contributed by atoms with E-state index in [0.717, 1.165) is 6.26 Å². The van der Waals surface area contributed by atoms with Crippen LogP contribution < -0.4 is 10.1 Å². The summed E-state index contributed by atoms with van der Waals surface area (Å²) < 4.78 is 29.4. The summed E-state index contributed by atoms with van der Waals surface area (Å²) in [5.41, 5.74) is 1.10. The minimum atomic E-state index is -3.28. The Kier molecular flexibility index (Phi) is 4.73. The highest BCUT2D eigenvalue weighted by Crippen LogP contribution is 2.28. The smallest absolute Gasteiger partial charge is 0.257 e. The average molecular weight is 376 g/mol. The van der Waals surface area contributed by atoms with Gasteiger partial charge in [0.05, 0.1) is 21.7 Å². The number of aromatic nitrogens is 1. The highest BCUT2D eigenvalue weighted by molar-refractivity contribution is 7.90. The van der Waals surface area contributed by atoms with Crippen molar-refractivity contribution >= 4 is 42.4 Å². The van der Waals surface area contributed by atoms with Crippen molar-refractivity contribution in [2.75, 3.05) is 18.2 Å². The van der Waals surface area contributed by atoms with Gasteiger partial charge in [0, 0.05) is 11.8 Å². The van der Waals surface area contributed by atoms with E-state index in [0.29, 0.717) is 33.3 Å². The summed E-state index contributed by atoms with van der Waals surface area (Å²) >= 11 is 1.23. The molecule has 2 aromatic carbocycles. The summed E-state index contributed by atoms with van der Waals surface area (Å²) in [5.74, 6) is 0.321. The number of rotatable bonds is 5. The van der Waals surface area contributed by atoms with Crippen molar-refractivity contribution in [3.05, 3.63) is 48.0 Å². The van der Waals surface area contributed by atoms with Crippen LogP contribution in [0.2, 0.25) is 0 Å². The number of benzene rings is 2. The number of carbonyl (C=O) groups excluding carboxylic acids is 1. The number of amides is 1. The fraction of sp³-hybridized carbons (Fsp3) is 0.176. The fourth-order valence-corrected chi connectivity index (χ4v) is 3.87. The third-order valence-electron chi connectivity index (χ3n) is 3.42. The summed E-state index contributed by atoms with van der Waals surface area (Å²) in [7, 11) is -3.28. The fourth-order valence-electron chi connectivity index (χ4n) is 2.25. The van der Waals surface area contributed by atoms with E-state index in [1.807, 2.05) is 6.92 Å². The lowest BCUT2D eigenvalue weighted by atomic mass is 10.2. The Morgan fingerprint density at radius 1 is 1.24 bits per heavy atom. The number of hydrogen-bond donors (Lipinski definition) is 1. The van der Waals surface area contributed by atoms with Gasteiger partial charge in [0.2, 0.25) is 0 Å². The molecule has 130 valence electrons. The number of nitrogens with one attached hydrogen (secondary N) is 1. The van der Waals surface area contributed by atoms with Crippen molar-refractivity contribution in [2.45, 2.75) is 11.8 Å². The molecule has 0 spiro atoms. The van der Waals surface area contributed by atoms with E-state index >= 15 is 0 Å². The molecule has 0 fully saturated rings. The molecule has 25 heavy (non-hydrogen) atoms. The Labute approximate surface area is 149 Å². The Morgan fingerprint density at radius 3 is 2.76 bits per heavy atom. The first kappa shape index (κ1) is 17.4. The van der Waals surface area contributed by atoms with E-state index < -0.39 is 9.84 Å². The average Bonchev–Trinajstić information content (AvgIpc) is 2.96. The first-order chi connectivity index (χ1) is 11.9. The van der Waals surface area contributed by atoms with Crippen LogP contribution in [0.15, 0.2) is 47.4 Å². The minimum Gasteiger partial charge on any atom is -0.494 e. The predicted molar refractivity (Wildman–Crippen MR) is 98.3 cm³/mol. The van der Waals surface area contributed by atoms with E-state index in [4.69, 9.17) is 4.74 Å². The van der Waals surface area contributed by atoms with Crippen LogP contribution in [0.3, 0.4) is 0 Å². The highest BCUT2D eigenvalue weighted by Gasteiger charge is 2.13. The monoisotopic (exact) mass is 376 g/mol. The number of nitrogens with zero attached hydrogens (tertiary/aromatic N) is 1. The topological polar surface area (TPSA) is 85.4 Å². The number of thiazole rings is 1. The summed E-state index contributed by atoms with van der Waals surface area (Å²) in [6.45, 7) is 2.39. The van der Waals surface area contributed by atoms with Gasteiger partial charge in [0.25, 0.3) is 5.91 Å². The second kappa shape index (κ2) is 6.81. The van der Waals surface area contributed by atoms with Crippen LogP contribution in [0.4, 0.5) is 5.13 Å². The number of hydrogen-bond acceptors (Lipinski definition) is 6. The quantitative estimate of drug-likeness (QED) is 0.738. The lowest BCUT2D eigenvalue weighted by molar-refractivity contribution is 0.102. The van der Waals surface area contributed by atoms with Crippen molar-refractivity contribution in [3.63, 3.8) is 0 Å². The number of ether oxygens (including phenoxy) is 1. The van der Waals surface area contributed by atoms with Crippen molar-refractivity contribution in [1.29, 1.82) is 0 Å². The molecular formula is C17H16N2O4S2. The van der Waals surface area contributed by atoms with Gasteiger partial charge in [-0.25, -0.2) is 13.4 Å². The molecule has 1 N–H and O–H groups in total. The van der Waals surface area contributed by atoms with Gasteiger partial charge in [0.15, 0.2) is 15.0 Å². The summed E-state index contributed by atoms with van der Waals surface area (Å²) in [6, 6.07) is 11.6. The van der Waals surface area contributed by atoms with Crippen molar-refractivity contribution in [1.82, 2.24) is 4.98 Å². The van der Waals surface area contributed by atoms with Gasteiger partial charge in [-0.2, -0.15) is 0 Å². The normalized spacial score (nSPS) is 11.4. The zero-order chi connectivity index (χ0) is 18.0. The lowest BCUT2D eigenvalue weighted by Crippen LogP contribution is -2.11. The van der Waals surface area contributed by atoms with Gasteiger partial charge < -0.3 is 4.74 Å². The minimum absolute atomic E-state index is 0.228. The number of anilines is 1. The van der Waals surface area contributed by atoms with Gasteiger partial charge in [-0.15, -0.1) is 0 Å². The molecule has 0 aliphatic heterocycles. The van der Waals surface area contributed by atoms with Gasteiger partial charge in [-0.05, 0) is 43.3 Å². The Bertz CT molecular complexity index is 1040. The molecule has 3 rings (SSSR count). The standard InChI is InChI=1S/C17H16N2O4S2/c1-3-23-12-6-4-5-11(9-12)16(20)19-17-18-14-8-7-13(25(2,21)22)10-15(14)24-17/h4-10H,3H2,1-2H3,(H,18,19,20). The highest BCUT2D eigenvalue weighted by atomic mass is 32.2. The molecule has 3 aromatic rings. The zero-order valence-corrected chi connectivity index (χ0v) is 15.3. The second-order valence-electron chi connectivity index (χ2n) is 5.34. The number of sulfone groups is 1. The zero-order valence-electron chi connectivity index (χ0n) is 13.6. The lowest BCUT2D eigenvalue weighted by Gasteiger charge is -2.05. The van der Waals surface area contributed by atoms with Crippen molar-refractivity contribution in [3.8, 4) is 5.75 Å². The second-order valence-corrected chi connectivity index (χ2v) is 8.38. The van der Waals surface area contributed by atoms with Crippen LogP contribution in [0.25, 0.3) is 10.2 Å². The van der Waals surface area contributed by atoms with Gasteiger partial charge in [-0.3, -0.25) is 10.1 Å². The first-order valence-corrected chi connectivity index (χ1v) is 10.2. The molecule has 8 heteroatoms. The van der Waals surface area contributed by atoms with Crippen molar-refractivity contribution < 1.29 is 17.9 Å². The molecule has 1 heterocycles. The molecule has 0 saturated heterocycles. The number of fused-ring (bicyclic) bond motifs is 1. The molecule has 0 unspecified atom stereocenters. The third-order valence-corrected chi connectivity index (χ3v) is 5.46. The molecular weight excluding hydrogens is 360 g/mol. The van der Waals surface area contributed by atoms with Crippen LogP contribution in [0, 0.1) is 0 Å². The van der Waals surface area contributed by atoms with Gasteiger partial charge in [-0.1, -0.05) is 17.4 Å². The molecule has 0 aliphatic rings. The summed E-state index contributed by atoms with van der Waals surface area (Å²) in [6.07, 6.45) is 1.16. The Balaban J connectivity index is 1.85. The molecule has 1 amide bonds. The van der Waals surface area contributed by atoms with Crippen molar-refractivity contribution in [2.24, 2.45) is 0 Å². The van der Waals surface area contributed by atoms with Crippen LogP contribution in [-0.4, -0.2) is 32.2 Å². The SMILES string of the molecule is CCOc1cccc(C(=O)Nc2nc3ccc(S(C)(=O)=O)cc3s2)c1. The maximum absolute atomic E-state index is 12.4. The molecule has 1 aromatic heterocycles. The predicted octanol–water partition coefficient (Wildman–Crippen LogP) is 3.35. The maximum atomic E-state index is 12.4. The molecule has 0 atom stereocenters. The van der Waals surface area contributed by atoms with Crippen LogP contribution >= 0.6 is 11.3 Å². The van der Waals surface area contributed by atoms with E-state index in [-0.39, 0.29) is 10.8 Å². The van der Waals surface area contributed by atoms with Crippen LogP contribution in [-0.2, 0) is 9.84 Å². The Morgan fingerprint density at radius 2 is 2.04 bits per heavy atom. The van der Waals surface area contributed by atoms with E-state index in [1.54, 1.807) is 36.4 Å². The van der Waals surface area contributed by atoms with Gasteiger partial charge >= 0.3 is 0 Å². The first-order valence-electron chi connectivity index (χ1n) is 7.51. The molecule has 0 saturated carbocycles. The Hall–Kier alpha value is -2.45. The van der Waals surface area contributed by atoms with E-state index in [2.05, 4.69) is 10.3 Å². The third kappa shape index (κ3) is 3.97. The maximum Gasteiger partial charge on any atom is 0.257 e. The molecule has 6 nitrogen and oxygen atoms in total. The molecule has 0 radical (unpaired) electrons. The number of carbonyl (C=O) groups is 1. The summed E-state index contributed by atoms with van der Waals surface area (Å²) in [4.78, 5) is 16.9. The molecule has 0 aliphatic carbocycles. The van der Waals surface area contributed by atoms with E-state index in [1.165, 1.54) is 17.4 Å². The molecule has 0 bridgehead atoms. The van der Waals surface area contributed by atoms with Gasteiger partial charge in [0.1, 0.15) is 5.75 Å².